The maximum absolute atomic E-state index is 8.66. The standard InChI is InChI=1S/C11H19N.C2H6/c1-8(2)11-9(3)4-5-10(11)6-7-12;1-2/h8-11H,4-6H2,1-3H3;1-2H3. The molecule has 0 radical (unpaired) electrons. The van der Waals surface area contributed by atoms with E-state index in [4.69, 9.17) is 5.26 Å². The summed E-state index contributed by atoms with van der Waals surface area (Å²) in [5.41, 5.74) is 0. The zero-order chi connectivity index (χ0) is 11.1. The predicted octanol–water partition coefficient (Wildman–Crippen LogP) is 4.24. The van der Waals surface area contributed by atoms with Gasteiger partial charge in [0.05, 0.1) is 6.07 Å². The average Bonchev–Trinajstić information content (AvgIpc) is 2.51. The molecule has 0 N–H and O–H groups in total. The van der Waals surface area contributed by atoms with Crippen molar-refractivity contribution in [1.82, 2.24) is 0 Å². The van der Waals surface area contributed by atoms with Crippen molar-refractivity contribution in [2.24, 2.45) is 23.7 Å². The van der Waals surface area contributed by atoms with E-state index in [1.54, 1.807) is 0 Å². The minimum atomic E-state index is 0.685. The Morgan fingerprint density at radius 1 is 1.29 bits per heavy atom. The Bertz CT molecular complexity index is 178. The highest BCUT2D eigenvalue weighted by Crippen LogP contribution is 2.42. The van der Waals surface area contributed by atoms with Gasteiger partial charge in [-0.2, -0.15) is 5.26 Å². The molecule has 1 heteroatoms. The molecule has 1 aliphatic rings. The quantitative estimate of drug-likeness (QED) is 0.646. The van der Waals surface area contributed by atoms with Crippen molar-refractivity contribution in [3.63, 3.8) is 0 Å². The van der Waals surface area contributed by atoms with E-state index in [0.29, 0.717) is 5.92 Å². The molecule has 0 amide bonds. The van der Waals surface area contributed by atoms with Gasteiger partial charge in [0.15, 0.2) is 0 Å². The summed E-state index contributed by atoms with van der Waals surface area (Å²) in [6.45, 7) is 10.9. The molecule has 14 heavy (non-hydrogen) atoms. The molecule has 0 bridgehead atoms. The Labute approximate surface area is 89.5 Å². The molecule has 0 aromatic carbocycles. The lowest BCUT2D eigenvalue weighted by Crippen LogP contribution is -2.18. The van der Waals surface area contributed by atoms with Crippen LogP contribution < -0.4 is 0 Å². The first-order chi connectivity index (χ1) is 6.66. The first-order valence-corrected chi connectivity index (χ1v) is 6.03. The molecule has 3 unspecified atom stereocenters. The highest BCUT2D eigenvalue weighted by Gasteiger charge is 2.34. The van der Waals surface area contributed by atoms with Crippen LogP contribution in [0.2, 0.25) is 0 Å². The number of hydrogen-bond acceptors (Lipinski definition) is 1. The first-order valence-electron chi connectivity index (χ1n) is 6.03. The highest BCUT2D eigenvalue weighted by atomic mass is 14.4. The van der Waals surface area contributed by atoms with Gasteiger partial charge >= 0.3 is 0 Å². The third-order valence-corrected chi connectivity index (χ3v) is 3.32. The Hall–Kier alpha value is -0.510. The molecule has 1 aliphatic carbocycles. The van der Waals surface area contributed by atoms with Gasteiger partial charge in [0.2, 0.25) is 0 Å². The Balaban J connectivity index is 0.000000791. The molecule has 0 saturated heterocycles. The van der Waals surface area contributed by atoms with Crippen molar-refractivity contribution >= 4 is 0 Å². The topological polar surface area (TPSA) is 23.8 Å². The zero-order valence-corrected chi connectivity index (χ0v) is 10.4. The lowest BCUT2D eigenvalue weighted by Gasteiger charge is -2.24. The summed E-state index contributed by atoms with van der Waals surface area (Å²) >= 11 is 0. The summed E-state index contributed by atoms with van der Waals surface area (Å²) in [7, 11) is 0. The first kappa shape index (κ1) is 13.5. The number of nitriles is 1. The van der Waals surface area contributed by atoms with Gasteiger partial charge in [-0.05, 0) is 30.1 Å². The Kier molecular flexibility index (Phi) is 6.62. The largest absolute Gasteiger partial charge is 0.198 e. The third-order valence-electron chi connectivity index (χ3n) is 3.32. The van der Waals surface area contributed by atoms with E-state index in [1.807, 2.05) is 13.8 Å². The molecule has 82 valence electrons. The van der Waals surface area contributed by atoms with E-state index in [0.717, 1.165) is 24.2 Å². The molecule has 1 nitrogen and oxygen atoms in total. The maximum atomic E-state index is 8.66. The maximum Gasteiger partial charge on any atom is 0.0624 e. The van der Waals surface area contributed by atoms with E-state index in [-0.39, 0.29) is 0 Å². The van der Waals surface area contributed by atoms with Crippen molar-refractivity contribution in [3.8, 4) is 6.07 Å². The number of hydrogen-bond donors (Lipinski definition) is 0. The predicted molar refractivity (Wildman–Crippen MR) is 61.8 cm³/mol. The molecule has 1 rings (SSSR count). The van der Waals surface area contributed by atoms with Crippen LogP contribution in [0.1, 0.15) is 53.9 Å². The van der Waals surface area contributed by atoms with E-state index in [1.165, 1.54) is 12.8 Å². The van der Waals surface area contributed by atoms with Crippen LogP contribution >= 0.6 is 0 Å². The minimum Gasteiger partial charge on any atom is -0.198 e. The smallest absolute Gasteiger partial charge is 0.0624 e. The zero-order valence-electron chi connectivity index (χ0n) is 10.4. The molecule has 0 heterocycles. The molecule has 1 saturated carbocycles. The van der Waals surface area contributed by atoms with Crippen LogP contribution in [0.25, 0.3) is 0 Å². The van der Waals surface area contributed by atoms with E-state index < -0.39 is 0 Å². The summed E-state index contributed by atoms with van der Waals surface area (Å²) in [4.78, 5) is 0. The summed E-state index contributed by atoms with van der Waals surface area (Å²) in [5, 5.41) is 8.66. The van der Waals surface area contributed by atoms with Gasteiger partial charge in [0.25, 0.3) is 0 Å². The van der Waals surface area contributed by atoms with Crippen molar-refractivity contribution in [3.05, 3.63) is 0 Å². The fraction of sp³-hybridized carbons (Fsp3) is 0.923. The molecule has 0 aromatic rings. The van der Waals surface area contributed by atoms with Crippen molar-refractivity contribution in [2.75, 3.05) is 0 Å². The fourth-order valence-corrected chi connectivity index (χ4v) is 2.88. The molecular formula is C13H25N. The van der Waals surface area contributed by atoms with Crippen LogP contribution in [0.15, 0.2) is 0 Å². The van der Waals surface area contributed by atoms with E-state index in [9.17, 15) is 0 Å². The molecule has 0 aliphatic heterocycles. The molecule has 0 aromatic heterocycles. The van der Waals surface area contributed by atoms with E-state index >= 15 is 0 Å². The molecule has 1 fully saturated rings. The van der Waals surface area contributed by atoms with Crippen LogP contribution in [-0.4, -0.2) is 0 Å². The minimum absolute atomic E-state index is 0.685. The lowest BCUT2D eigenvalue weighted by atomic mass is 9.80. The van der Waals surface area contributed by atoms with Crippen LogP contribution in [0.5, 0.6) is 0 Å². The van der Waals surface area contributed by atoms with Gasteiger partial charge in [-0.25, -0.2) is 0 Å². The monoisotopic (exact) mass is 195 g/mol. The van der Waals surface area contributed by atoms with Crippen molar-refractivity contribution < 1.29 is 0 Å². The number of nitrogens with zero attached hydrogens (tertiary/aromatic N) is 1. The Morgan fingerprint density at radius 3 is 2.29 bits per heavy atom. The fourth-order valence-electron chi connectivity index (χ4n) is 2.88. The third kappa shape index (κ3) is 3.33. The van der Waals surface area contributed by atoms with Crippen molar-refractivity contribution in [2.45, 2.75) is 53.9 Å². The highest BCUT2D eigenvalue weighted by molar-refractivity contribution is 4.89. The second kappa shape index (κ2) is 6.87. The van der Waals surface area contributed by atoms with Crippen LogP contribution in [0.4, 0.5) is 0 Å². The van der Waals surface area contributed by atoms with Gasteiger partial charge in [0.1, 0.15) is 0 Å². The van der Waals surface area contributed by atoms with Crippen molar-refractivity contribution in [1.29, 1.82) is 5.26 Å². The molecular weight excluding hydrogens is 170 g/mol. The van der Waals surface area contributed by atoms with Gasteiger partial charge < -0.3 is 0 Å². The lowest BCUT2D eigenvalue weighted by molar-refractivity contribution is 0.245. The Morgan fingerprint density at radius 2 is 1.86 bits per heavy atom. The second-order valence-electron chi connectivity index (χ2n) is 4.50. The molecule has 3 atom stereocenters. The second-order valence-corrected chi connectivity index (χ2v) is 4.50. The SMILES string of the molecule is CC.CC(C)C1C(C)CCC1CC#N. The normalized spacial score (nSPS) is 30.8. The summed E-state index contributed by atoms with van der Waals surface area (Å²) < 4.78 is 0. The van der Waals surface area contributed by atoms with Gasteiger partial charge in [0, 0.05) is 6.42 Å². The number of rotatable bonds is 2. The van der Waals surface area contributed by atoms with E-state index in [2.05, 4.69) is 26.8 Å². The van der Waals surface area contributed by atoms with Crippen LogP contribution in [0.3, 0.4) is 0 Å². The van der Waals surface area contributed by atoms with Crippen LogP contribution in [0, 0.1) is 35.0 Å². The summed E-state index contributed by atoms with van der Waals surface area (Å²) in [6, 6.07) is 2.32. The van der Waals surface area contributed by atoms with Gasteiger partial charge in [-0.15, -0.1) is 0 Å². The van der Waals surface area contributed by atoms with Crippen LogP contribution in [-0.2, 0) is 0 Å². The van der Waals surface area contributed by atoms with Gasteiger partial charge in [-0.3, -0.25) is 0 Å². The molecule has 0 spiro atoms. The van der Waals surface area contributed by atoms with Gasteiger partial charge in [-0.1, -0.05) is 41.0 Å². The summed E-state index contributed by atoms with van der Waals surface area (Å²) in [6.07, 6.45) is 3.37. The average molecular weight is 195 g/mol. The summed E-state index contributed by atoms with van der Waals surface area (Å²) in [5.74, 6) is 3.07.